The summed E-state index contributed by atoms with van der Waals surface area (Å²) >= 11 is 0. The number of esters is 1. The van der Waals surface area contributed by atoms with Crippen molar-refractivity contribution in [3.8, 4) is 0 Å². The smallest absolute Gasteiger partial charge is 0.331 e. The van der Waals surface area contributed by atoms with Gasteiger partial charge in [-0.15, -0.1) is 0 Å². The summed E-state index contributed by atoms with van der Waals surface area (Å²) < 4.78 is 4.93. The lowest BCUT2D eigenvalue weighted by molar-refractivity contribution is -0.143. The first-order chi connectivity index (χ1) is 6.58. The molecule has 1 aliphatic rings. The Kier molecular flexibility index (Phi) is 3.83. The Morgan fingerprint density at radius 1 is 1.36 bits per heavy atom. The monoisotopic (exact) mass is 198 g/mol. The van der Waals surface area contributed by atoms with Crippen molar-refractivity contribution in [2.75, 3.05) is 0 Å². The number of cyclic esters (lactones) is 1. The second-order valence-electron chi connectivity index (χ2n) is 3.48. The predicted octanol–water partition coefficient (Wildman–Crippen LogP) is 0.588. The van der Waals surface area contributed by atoms with Crippen molar-refractivity contribution >= 4 is 11.8 Å². The fraction of sp³-hybridized carbons (Fsp3) is 0.600. The first-order valence-electron chi connectivity index (χ1n) is 4.67. The van der Waals surface area contributed by atoms with Crippen LogP contribution in [0.2, 0.25) is 0 Å². The van der Waals surface area contributed by atoms with Gasteiger partial charge in [0.25, 0.3) is 0 Å². The van der Waals surface area contributed by atoms with Crippen molar-refractivity contribution in [1.82, 2.24) is 0 Å². The summed E-state index contributed by atoms with van der Waals surface area (Å²) in [5.41, 5.74) is 0. The van der Waals surface area contributed by atoms with Crippen molar-refractivity contribution in [3.63, 3.8) is 0 Å². The van der Waals surface area contributed by atoms with Crippen LogP contribution < -0.4 is 0 Å². The second-order valence-corrected chi connectivity index (χ2v) is 3.48. The number of carbonyl (C=O) groups excluding carboxylic acids is 2. The van der Waals surface area contributed by atoms with E-state index in [4.69, 9.17) is 4.74 Å². The third kappa shape index (κ3) is 3.70. The molecule has 1 rings (SSSR count). The van der Waals surface area contributed by atoms with Crippen LogP contribution in [-0.2, 0) is 14.3 Å². The molecule has 0 bridgehead atoms. The molecule has 0 radical (unpaired) electrons. The van der Waals surface area contributed by atoms with Gasteiger partial charge in [-0.1, -0.05) is 0 Å². The summed E-state index contributed by atoms with van der Waals surface area (Å²) in [5.74, 6) is -0.744. The van der Waals surface area contributed by atoms with Crippen molar-refractivity contribution in [2.24, 2.45) is 0 Å². The number of hydrogen-bond donors (Lipinski definition) is 1. The molecule has 0 fully saturated rings. The Bertz CT molecular complexity index is 231. The van der Waals surface area contributed by atoms with Gasteiger partial charge in [0.1, 0.15) is 0 Å². The highest BCUT2D eigenvalue weighted by Gasteiger charge is 2.15. The average molecular weight is 198 g/mol. The number of ether oxygens (including phenoxy) is 1. The van der Waals surface area contributed by atoms with E-state index in [2.05, 4.69) is 0 Å². The molecule has 2 atom stereocenters. The molecule has 0 spiro atoms. The van der Waals surface area contributed by atoms with Gasteiger partial charge < -0.3 is 9.84 Å². The van der Waals surface area contributed by atoms with Crippen molar-refractivity contribution in [2.45, 2.75) is 38.4 Å². The van der Waals surface area contributed by atoms with Crippen LogP contribution in [0.4, 0.5) is 0 Å². The molecule has 0 aromatic rings. The van der Waals surface area contributed by atoms with Crippen molar-refractivity contribution < 1.29 is 19.4 Å². The summed E-state index contributed by atoms with van der Waals surface area (Å²) in [5, 5.41) is 9.39. The molecular formula is C10H14O4. The van der Waals surface area contributed by atoms with E-state index in [9.17, 15) is 14.7 Å². The van der Waals surface area contributed by atoms with Gasteiger partial charge in [-0.2, -0.15) is 0 Å². The van der Waals surface area contributed by atoms with Crippen LogP contribution >= 0.6 is 0 Å². The first-order valence-corrected chi connectivity index (χ1v) is 4.67. The van der Waals surface area contributed by atoms with Gasteiger partial charge in [0.05, 0.1) is 12.2 Å². The molecule has 4 nitrogen and oxygen atoms in total. The van der Waals surface area contributed by atoms with Gasteiger partial charge in [-0.25, -0.2) is 4.79 Å². The topological polar surface area (TPSA) is 63.6 Å². The highest BCUT2D eigenvalue weighted by Crippen LogP contribution is 2.10. The summed E-state index contributed by atoms with van der Waals surface area (Å²) in [6.07, 6.45) is 2.56. The van der Waals surface area contributed by atoms with E-state index in [1.54, 1.807) is 6.92 Å². The molecule has 1 aliphatic heterocycles. The van der Waals surface area contributed by atoms with Gasteiger partial charge in [0.15, 0.2) is 5.78 Å². The highest BCUT2D eigenvalue weighted by atomic mass is 16.5. The Labute approximate surface area is 82.6 Å². The Balaban J connectivity index is 2.65. The number of aliphatic hydroxyl groups excluding tert-OH is 1. The molecule has 0 aromatic heterocycles. The zero-order chi connectivity index (χ0) is 10.6. The van der Waals surface area contributed by atoms with Crippen LogP contribution in [0.3, 0.4) is 0 Å². The molecule has 0 saturated heterocycles. The molecule has 0 aromatic carbocycles. The van der Waals surface area contributed by atoms with Crippen LogP contribution in [0.5, 0.6) is 0 Å². The lowest BCUT2D eigenvalue weighted by Crippen LogP contribution is -2.20. The summed E-state index contributed by atoms with van der Waals surface area (Å²) in [6, 6.07) is 0. The van der Waals surface area contributed by atoms with Crippen LogP contribution in [0.15, 0.2) is 12.2 Å². The van der Waals surface area contributed by atoms with E-state index in [-0.39, 0.29) is 18.3 Å². The minimum Gasteiger partial charge on any atom is -0.460 e. The van der Waals surface area contributed by atoms with Crippen LogP contribution in [-0.4, -0.2) is 29.1 Å². The fourth-order valence-corrected chi connectivity index (χ4v) is 1.29. The number of ketones is 1. The summed E-state index contributed by atoms with van der Waals surface area (Å²) in [6.45, 7) is 1.77. The molecule has 0 saturated carbocycles. The summed E-state index contributed by atoms with van der Waals surface area (Å²) in [7, 11) is 0. The van der Waals surface area contributed by atoms with E-state index in [0.29, 0.717) is 12.8 Å². The highest BCUT2D eigenvalue weighted by molar-refractivity contribution is 5.96. The molecule has 0 aliphatic carbocycles. The van der Waals surface area contributed by atoms with Crippen LogP contribution in [0, 0.1) is 0 Å². The van der Waals surface area contributed by atoms with E-state index in [0.717, 1.165) is 12.2 Å². The molecule has 0 amide bonds. The third-order valence-corrected chi connectivity index (χ3v) is 2.07. The Hall–Kier alpha value is -1.16. The van der Waals surface area contributed by atoms with E-state index in [1.165, 1.54) is 0 Å². The molecule has 14 heavy (non-hydrogen) atoms. The zero-order valence-corrected chi connectivity index (χ0v) is 8.10. The van der Waals surface area contributed by atoms with Crippen LogP contribution in [0.25, 0.3) is 0 Å². The maximum atomic E-state index is 11.1. The molecule has 1 N–H and O–H groups in total. The molecule has 2 unspecified atom stereocenters. The number of allylic oxidation sites excluding steroid dienone is 1. The minimum absolute atomic E-state index is 0.0799. The SMILES string of the molecule is CC1CCC(O)CC(=O)/C=C\C(=O)O1. The number of hydrogen-bond acceptors (Lipinski definition) is 4. The largest absolute Gasteiger partial charge is 0.460 e. The predicted molar refractivity (Wildman–Crippen MR) is 49.6 cm³/mol. The molecular weight excluding hydrogens is 184 g/mol. The van der Waals surface area contributed by atoms with Crippen LogP contribution in [0.1, 0.15) is 26.2 Å². The lowest BCUT2D eigenvalue weighted by atomic mass is 10.1. The van der Waals surface area contributed by atoms with E-state index >= 15 is 0 Å². The number of carbonyl (C=O) groups is 2. The van der Waals surface area contributed by atoms with Gasteiger partial charge in [0.2, 0.25) is 0 Å². The molecule has 78 valence electrons. The Morgan fingerprint density at radius 3 is 2.79 bits per heavy atom. The lowest BCUT2D eigenvalue weighted by Gasteiger charge is -2.15. The maximum Gasteiger partial charge on any atom is 0.331 e. The quantitative estimate of drug-likeness (QED) is 0.578. The third-order valence-electron chi connectivity index (χ3n) is 2.07. The second kappa shape index (κ2) is 4.91. The minimum atomic E-state index is -0.633. The number of rotatable bonds is 0. The fourth-order valence-electron chi connectivity index (χ4n) is 1.29. The zero-order valence-electron chi connectivity index (χ0n) is 8.10. The Morgan fingerprint density at radius 2 is 2.07 bits per heavy atom. The maximum absolute atomic E-state index is 11.1. The summed E-state index contributed by atoms with van der Waals surface area (Å²) in [4.78, 5) is 22.1. The molecule has 1 heterocycles. The van der Waals surface area contributed by atoms with Crippen molar-refractivity contribution in [3.05, 3.63) is 12.2 Å². The van der Waals surface area contributed by atoms with Gasteiger partial charge in [-0.3, -0.25) is 4.79 Å². The van der Waals surface area contributed by atoms with Crippen molar-refractivity contribution in [1.29, 1.82) is 0 Å². The van der Waals surface area contributed by atoms with E-state index < -0.39 is 12.1 Å². The molecule has 4 heteroatoms. The van der Waals surface area contributed by atoms with E-state index in [1.807, 2.05) is 0 Å². The van der Waals surface area contributed by atoms with Gasteiger partial charge >= 0.3 is 5.97 Å². The average Bonchev–Trinajstić information content (AvgIpc) is 2.11. The standard InChI is InChI=1S/C10H14O4/c1-7-2-3-8(11)6-9(12)4-5-10(13)14-7/h4-5,7-8,11H,2-3,6H2,1H3/b5-4-. The van der Waals surface area contributed by atoms with Gasteiger partial charge in [-0.05, 0) is 25.8 Å². The normalized spacial score (nSPS) is 32.1. The first kappa shape index (κ1) is 10.9. The number of aliphatic hydroxyl groups is 1. The van der Waals surface area contributed by atoms with Gasteiger partial charge in [0, 0.05) is 12.5 Å².